The van der Waals surface area contributed by atoms with Gasteiger partial charge in [-0.25, -0.2) is 4.98 Å². The Morgan fingerprint density at radius 3 is 3.06 bits per heavy atom. The van der Waals surface area contributed by atoms with E-state index in [1.165, 1.54) is 24.4 Å². The van der Waals surface area contributed by atoms with Crippen LogP contribution in [-0.2, 0) is 6.42 Å². The maximum absolute atomic E-state index is 6.21. The van der Waals surface area contributed by atoms with Gasteiger partial charge in [-0.1, -0.05) is 0 Å². The van der Waals surface area contributed by atoms with E-state index in [1.807, 2.05) is 0 Å². The third kappa shape index (κ3) is 1.61. The van der Waals surface area contributed by atoms with E-state index in [2.05, 4.69) is 30.8 Å². The molecular formula is C11H17BrN4. The first-order valence-electron chi connectivity index (χ1n) is 6.00. The number of nitrogens with zero attached hydrogens (tertiary/aromatic N) is 2. The van der Waals surface area contributed by atoms with Crippen molar-refractivity contribution < 1.29 is 0 Å². The fourth-order valence-corrected chi connectivity index (χ4v) is 3.39. The summed E-state index contributed by atoms with van der Waals surface area (Å²) in [7, 11) is 0. The van der Waals surface area contributed by atoms with Gasteiger partial charge in [-0.15, -0.1) is 0 Å². The van der Waals surface area contributed by atoms with Gasteiger partial charge >= 0.3 is 0 Å². The van der Waals surface area contributed by atoms with Gasteiger partial charge in [0.05, 0.1) is 11.9 Å². The molecule has 4 nitrogen and oxygen atoms in total. The van der Waals surface area contributed by atoms with Gasteiger partial charge in [0.15, 0.2) is 0 Å². The third-order valence-corrected chi connectivity index (χ3v) is 4.29. The van der Waals surface area contributed by atoms with Crippen molar-refractivity contribution in [2.24, 2.45) is 5.73 Å². The van der Waals surface area contributed by atoms with Crippen LogP contribution in [0.4, 0.5) is 0 Å². The molecule has 3 rings (SSSR count). The van der Waals surface area contributed by atoms with E-state index in [1.54, 1.807) is 0 Å². The minimum Gasteiger partial charge on any atom is -0.316 e. The van der Waals surface area contributed by atoms with E-state index in [0.29, 0.717) is 5.92 Å². The van der Waals surface area contributed by atoms with Crippen LogP contribution in [0.25, 0.3) is 0 Å². The van der Waals surface area contributed by atoms with Crippen molar-refractivity contribution in [1.82, 2.24) is 14.9 Å². The number of halogens is 1. The van der Waals surface area contributed by atoms with Crippen molar-refractivity contribution in [3.8, 4) is 0 Å². The van der Waals surface area contributed by atoms with Crippen LogP contribution in [0.1, 0.15) is 42.9 Å². The molecule has 3 N–H and O–H groups in total. The molecule has 0 bridgehead atoms. The van der Waals surface area contributed by atoms with Crippen molar-refractivity contribution in [3.63, 3.8) is 0 Å². The molecule has 1 fully saturated rings. The molecule has 2 atom stereocenters. The van der Waals surface area contributed by atoms with Crippen LogP contribution >= 0.6 is 15.9 Å². The number of nitrogens with two attached hydrogens (primary N) is 1. The second-order valence-electron chi connectivity index (χ2n) is 4.73. The third-order valence-electron chi connectivity index (χ3n) is 3.66. The lowest BCUT2D eigenvalue weighted by Gasteiger charge is -2.25. The van der Waals surface area contributed by atoms with E-state index < -0.39 is 0 Å². The summed E-state index contributed by atoms with van der Waals surface area (Å²) in [6.45, 7) is 2.13. The predicted molar refractivity (Wildman–Crippen MR) is 66.3 cm³/mol. The highest BCUT2D eigenvalue weighted by molar-refractivity contribution is 9.10. The van der Waals surface area contributed by atoms with Crippen LogP contribution in [-0.4, -0.2) is 22.6 Å². The molecule has 1 saturated heterocycles. The van der Waals surface area contributed by atoms with Crippen molar-refractivity contribution >= 4 is 15.9 Å². The Bertz CT molecular complexity index is 395. The number of aromatic nitrogens is 2. The summed E-state index contributed by atoms with van der Waals surface area (Å²) in [6, 6.07) is 0. The summed E-state index contributed by atoms with van der Waals surface area (Å²) in [5.74, 6) is 1.72. The molecule has 2 aliphatic rings. The lowest BCUT2D eigenvalue weighted by atomic mass is 10.1. The minimum atomic E-state index is 0.123. The SMILES string of the molecule is NC1CCCc2c(Br)nc(C3CCNC3)n21. The molecule has 1 aromatic rings. The van der Waals surface area contributed by atoms with Crippen LogP contribution < -0.4 is 11.1 Å². The molecule has 16 heavy (non-hydrogen) atoms. The predicted octanol–water partition coefficient (Wildman–Crippen LogP) is 1.52. The quantitative estimate of drug-likeness (QED) is 0.822. The Morgan fingerprint density at radius 2 is 2.31 bits per heavy atom. The number of hydrogen-bond donors (Lipinski definition) is 2. The number of nitrogens with one attached hydrogen (secondary N) is 1. The van der Waals surface area contributed by atoms with Crippen molar-refractivity contribution in [2.75, 3.05) is 13.1 Å². The Morgan fingerprint density at radius 1 is 1.44 bits per heavy atom. The lowest BCUT2D eigenvalue weighted by Crippen LogP contribution is -2.27. The van der Waals surface area contributed by atoms with E-state index >= 15 is 0 Å². The van der Waals surface area contributed by atoms with Gasteiger partial charge in [0.2, 0.25) is 0 Å². The molecule has 3 heterocycles. The van der Waals surface area contributed by atoms with Crippen LogP contribution in [0, 0.1) is 0 Å². The zero-order valence-electron chi connectivity index (χ0n) is 9.25. The first-order chi connectivity index (χ1) is 7.77. The normalized spacial score (nSPS) is 29.4. The summed E-state index contributed by atoms with van der Waals surface area (Å²) < 4.78 is 3.27. The Balaban J connectivity index is 2.04. The van der Waals surface area contributed by atoms with Crippen molar-refractivity contribution in [1.29, 1.82) is 0 Å². The van der Waals surface area contributed by atoms with Crippen LogP contribution in [0.15, 0.2) is 4.60 Å². The first-order valence-corrected chi connectivity index (χ1v) is 6.79. The van der Waals surface area contributed by atoms with E-state index in [9.17, 15) is 0 Å². The maximum Gasteiger partial charge on any atom is 0.127 e. The molecule has 5 heteroatoms. The van der Waals surface area contributed by atoms with Crippen LogP contribution in [0.5, 0.6) is 0 Å². The number of imidazole rings is 1. The van der Waals surface area contributed by atoms with Gasteiger partial charge in [-0.3, -0.25) is 0 Å². The second-order valence-corrected chi connectivity index (χ2v) is 5.48. The second kappa shape index (κ2) is 4.13. The molecule has 0 aliphatic carbocycles. The van der Waals surface area contributed by atoms with Gasteiger partial charge in [-0.05, 0) is 48.2 Å². The molecule has 0 radical (unpaired) electrons. The molecule has 1 aromatic heterocycles. The van der Waals surface area contributed by atoms with Gasteiger partial charge in [-0.2, -0.15) is 0 Å². The zero-order chi connectivity index (χ0) is 11.1. The van der Waals surface area contributed by atoms with Crippen molar-refractivity contribution in [2.45, 2.75) is 37.8 Å². The highest BCUT2D eigenvalue weighted by Crippen LogP contribution is 2.33. The molecule has 0 amide bonds. The summed E-state index contributed by atoms with van der Waals surface area (Å²) in [5.41, 5.74) is 7.50. The van der Waals surface area contributed by atoms with Gasteiger partial charge in [0.1, 0.15) is 10.4 Å². The fraction of sp³-hybridized carbons (Fsp3) is 0.727. The summed E-state index contributed by atoms with van der Waals surface area (Å²) in [5, 5.41) is 3.39. The maximum atomic E-state index is 6.21. The highest BCUT2D eigenvalue weighted by Gasteiger charge is 2.29. The standard InChI is InChI=1S/C11H17BrN4/c12-10-8-2-1-3-9(13)16(8)11(15-10)7-4-5-14-6-7/h7,9,14H,1-6,13H2. The highest BCUT2D eigenvalue weighted by atomic mass is 79.9. The van der Waals surface area contributed by atoms with Crippen LogP contribution in [0.3, 0.4) is 0 Å². The lowest BCUT2D eigenvalue weighted by molar-refractivity contribution is 0.393. The van der Waals surface area contributed by atoms with Gasteiger partial charge in [0, 0.05) is 12.5 Å². The summed E-state index contributed by atoms with van der Waals surface area (Å²) >= 11 is 3.57. The number of fused-ring (bicyclic) bond motifs is 1. The van der Waals surface area contributed by atoms with E-state index in [-0.39, 0.29) is 6.17 Å². The molecular weight excluding hydrogens is 268 g/mol. The molecule has 88 valence electrons. The number of rotatable bonds is 1. The zero-order valence-corrected chi connectivity index (χ0v) is 10.8. The van der Waals surface area contributed by atoms with Crippen molar-refractivity contribution in [3.05, 3.63) is 16.1 Å². The summed E-state index contributed by atoms with van der Waals surface area (Å²) in [6.07, 6.45) is 4.64. The first kappa shape index (κ1) is 10.7. The minimum absolute atomic E-state index is 0.123. The molecule has 2 unspecified atom stereocenters. The smallest absolute Gasteiger partial charge is 0.127 e. The van der Waals surface area contributed by atoms with Crippen LogP contribution in [0.2, 0.25) is 0 Å². The molecule has 0 spiro atoms. The Hall–Kier alpha value is -0.390. The van der Waals surface area contributed by atoms with Gasteiger partial charge < -0.3 is 15.6 Å². The fourth-order valence-electron chi connectivity index (χ4n) is 2.82. The average molecular weight is 285 g/mol. The Kier molecular flexibility index (Phi) is 2.77. The van der Waals surface area contributed by atoms with Gasteiger partial charge in [0.25, 0.3) is 0 Å². The average Bonchev–Trinajstić information content (AvgIpc) is 2.87. The topological polar surface area (TPSA) is 55.9 Å². The van der Waals surface area contributed by atoms with E-state index in [0.717, 1.165) is 30.5 Å². The number of hydrogen-bond acceptors (Lipinski definition) is 3. The molecule has 0 aromatic carbocycles. The Labute approximate surface area is 104 Å². The monoisotopic (exact) mass is 284 g/mol. The molecule has 2 aliphatic heterocycles. The molecule has 0 saturated carbocycles. The van der Waals surface area contributed by atoms with E-state index in [4.69, 9.17) is 5.73 Å². The summed E-state index contributed by atoms with van der Waals surface area (Å²) in [4.78, 5) is 4.68. The largest absolute Gasteiger partial charge is 0.316 e.